The molecule has 0 amide bonds. The quantitative estimate of drug-likeness (QED) is 0.195. The third-order valence-corrected chi connectivity index (χ3v) is 1.55. The van der Waals surface area contributed by atoms with Gasteiger partial charge in [0.05, 0.1) is 0 Å². The molecule has 0 bridgehead atoms. The molecule has 7 heteroatoms. The lowest BCUT2D eigenvalue weighted by molar-refractivity contribution is 0.268. The highest BCUT2D eigenvalue weighted by molar-refractivity contribution is 5.23. The van der Waals surface area contributed by atoms with Gasteiger partial charge in [-0.2, -0.15) is 0 Å². The first-order valence-electron chi connectivity index (χ1n) is 3.42. The SMILES string of the molecule is NNC(F)c1cc(F)c(F)c(F)c1F. The van der Waals surface area contributed by atoms with Gasteiger partial charge in [0.15, 0.2) is 29.6 Å². The molecule has 0 radical (unpaired) electrons. The van der Waals surface area contributed by atoms with Crippen LogP contribution < -0.4 is 11.3 Å². The summed E-state index contributed by atoms with van der Waals surface area (Å²) in [7, 11) is 0. The number of hydrazine groups is 1. The van der Waals surface area contributed by atoms with Crippen molar-refractivity contribution in [3.8, 4) is 0 Å². The van der Waals surface area contributed by atoms with E-state index in [-0.39, 0.29) is 6.07 Å². The molecule has 1 unspecified atom stereocenters. The van der Waals surface area contributed by atoms with Crippen molar-refractivity contribution in [2.45, 2.75) is 6.30 Å². The summed E-state index contributed by atoms with van der Waals surface area (Å²) in [5.41, 5.74) is 0.409. The van der Waals surface area contributed by atoms with Gasteiger partial charge in [-0.1, -0.05) is 0 Å². The lowest BCUT2D eigenvalue weighted by atomic mass is 10.2. The van der Waals surface area contributed by atoms with E-state index in [1.807, 2.05) is 0 Å². The standard InChI is InChI=1S/C7H5F5N2/c8-3-1-2(7(12)14-13)4(9)6(11)5(3)10/h1,7,14H,13H2. The molecule has 14 heavy (non-hydrogen) atoms. The van der Waals surface area contributed by atoms with E-state index in [1.54, 1.807) is 0 Å². The predicted molar refractivity (Wildman–Crippen MR) is 37.4 cm³/mol. The Hall–Kier alpha value is -1.21. The van der Waals surface area contributed by atoms with Gasteiger partial charge in [-0.05, 0) is 6.07 Å². The van der Waals surface area contributed by atoms with Gasteiger partial charge in [-0.3, -0.25) is 5.84 Å². The second-order valence-corrected chi connectivity index (χ2v) is 2.42. The summed E-state index contributed by atoms with van der Waals surface area (Å²) in [6.45, 7) is 0. The summed E-state index contributed by atoms with van der Waals surface area (Å²) in [6.07, 6.45) is -2.31. The highest BCUT2D eigenvalue weighted by atomic mass is 19.2. The fourth-order valence-electron chi connectivity index (χ4n) is 0.865. The van der Waals surface area contributed by atoms with Crippen LogP contribution in [0.2, 0.25) is 0 Å². The summed E-state index contributed by atoms with van der Waals surface area (Å²) < 4.78 is 62.8. The molecule has 0 saturated heterocycles. The lowest BCUT2D eigenvalue weighted by Gasteiger charge is -2.09. The highest BCUT2D eigenvalue weighted by Gasteiger charge is 2.23. The van der Waals surface area contributed by atoms with E-state index in [0.717, 1.165) is 0 Å². The maximum atomic E-state index is 12.8. The van der Waals surface area contributed by atoms with E-state index in [2.05, 4.69) is 5.84 Å². The van der Waals surface area contributed by atoms with Crippen molar-refractivity contribution >= 4 is 0 Å². The Labute approximate surface area is 75.5 Å². The van der Waals surface area contributed by atoms with Crippen molar-refractivity contribution in [3.63, 3.8) is 0 Å². The molecule has 1 atom stereocenters. The molecule has 78 valence electrons. The Kier molecular flexibility index (Phi) is 3.02. The van der Waals surface area contributed by atoms with Crippen LogP contribution in [-0.4, -0.2) is 0 Å². The van der Waals surface area contributed by atoms with Gasteiger partial charge < -0.3 is 0 Å². The van der Waals surface area contributed by atoms with Crippen LogP contribution in [0.3, 0.4) is 0 Å². The van der Waals surface area contributed by atoms with Crippen molar-refractivity contribution < 1.29 is 22.0 Å². The maximum Gasteiger partial charge on any atom is 0.197 e. The van der Waals surface area contributed by atoms with E-state index in [4.69, 9.17) is 0 Å². The topological polar surface area (TPSA) is 38.0 Å². The first-order chi connectivity index (χ1) is 6.49. The van der Waals surface area contributed by atoms with Crippen LogP contribution in [0.5, 0.6) is 0 Å². The third-order valence-electron chi connectivity index (χ3n) is 1.55. The molecule has 0 aliphatic rings. The Morgan fingerprint density at radius 1 is 1.07 bits per heavy atom. The Morgan fingerprint density at radius 2 is 1.64 bits per heavy atom. The highest BCUT2D eigenvalue weighted by Crippen LogP contribution is 2.23. The monoisotopic (exact) mass is 212 g/mol. The number of alkyl halides is 1. The third kappa shape index (κ3) is 1.68. The van der Waals surface area contributed by atoms with Gasteiger partial charge in [0, 0.05) is 5.56 Å². The van der Waals surface area contributed by atoms with Crippen LogP contribution in [0, 0.1) is 23.3 Å². The van der Waals surface area contributed by atoms with Crippen LogP contribution in [0.15, 0.2) is 6.07 Å². The molecule has 0 heterocycles. The minimum absolute atomic E-state index is 0.193. The van der Waals surface area contributed by atoms with Crippen molar-refractivity contribution in [1.29, 1.82) is 0 Å². The molecule has 0 saturated carbocycles. The number of benzene rings is 1. The van der Waals surface area contributed by atoms with Crippen molar-refractivity contribution in [1.82, 2.24) is 5.43 Å². The lowest BCUT2D eigenvalue weighted by Crippen LogP contribution is -2.26. The number of nitrogens with two attached hydrogens (primary N) is 1. The molecular formula is C7H5F5N2. The van der Waals surface area contributed by atoms with Crippen molar-refractivity contribution in [3.05, 3.63) is 34.9 Å². The molecule has 0 aliphatic carbocycles. The zero-order valence-electron chi connectivity index (χ0n) is 6.62. The Morgan fingerprint density at radius 3 is 2.14 bits per heavy atom. The number of nitrogens with one attached hydrogen (secondary N) is 1. The normalized spacial score (nSPS) is 13.0. The van der Waals surface area contributed by atoms with Crippen LogP contribution >= 0.6 is 0 Å². The minimum atomic E-state index is -2.31. The van der Waals surface area contributed by atoms with E-state index in [9.17, 15) is 22.0 Å². The van der Waals surface area contributed by atoms with Gasteiger partial charge in [0.1, 0.15) is 0 Å². The average molecular weight is 212 g/mol. The first-order valence-corrected chi connectivity index (χ1v) is 3.42. The molecular weight excluding hydrogens is 207 g/mol. The summed E-state index contributed by atoms with van der Waals surface area (Å²) in [4.78, 5) is 0. The van der Waals surface area contributed by atoms with E-state index in [1.165, 1.54) is 5.43 Å². The van der Waals surface area contributed by atoms with E-state index >= 15 is 0 Å². The second-order valence-electron chi connectivity index (χ2n) is 2.42. The fourth-order valence-corrected chi connectivity index (χ4v) is 0.865. The number of hydrogen-bond donors (Lipinski definition) is 2. The molecule has 0 spiro atoms. The summed E-state index contributed by atoms with van der Waals surface area (Å²) in [5.74, 6) is -2.98. The molecule has 0 fully saturated rings. The number of rotatable bonds is 2. The van der Waals surface area contributed by atoms with Crippen LogP contribution in [0.25, 0.3) is 0 Å². The summed E-state index contributed by atoms with van der Waals surface area (Å²) in [5, 5.41) is 0. The zero-order valence-corrected chi connectivity index (χ0v) is 6.62. The largest absolute Gasteiger partial charge is 0.269 e. The Balaban J connectivity index is 3.33. The van der Waals surface area contributed by atoms with Crippen molar-refractivity contribution in [2.24, 2.45) is 5.84 Å². The van der Waals surface area contributed by atoms with E-state index < -0.39 is 35.1 Å². The summed E-state index contributed by atoms with van der Waals surface area (Å²) in [6, 6.07) is 0.193. The van der Waals surface area contributed by atoms with Gasteiger partial charge >= 0.3 is 0 Å². The fraction of sp³-hybridized carbons (Fsp3) is 0.143. The number of hydrogen-bond acceptors (Lipinski definition) is 2. The smallest absolute Gasteiger partial charge is 0.197 e. The average Bonchev–Trinajstić information content (AvgIpc) is 2.19. The summed E-state index contributed by atoms with van der Waals surface area (Å²) >= 11 is 0. The van der Waals surface area contributed by atoms with Crippen LogP contribution in [-0.2, 0) is 0 Å². The van der Waals surface area contributed by atoms with Crippen LogP contribution in [0.1, 0.15) is 11.9 Å². The Bertz CT molecular complexity index is 354. The molecule has 0 aliphatic heterocycles. The number of halogens is 5. The van der Waals surface area contributed by atoms with Gasteiger partial charge in [-0.25, -0.2) is 27.4 Å². The zero-order chi connectivity index (χ0) is 10.9. The van der Waals surface area contributed by atoms with Gasteiger partial charge in [0.2, 0.25) is 0 Å². The molecule has 1 aromatic carbocycles. The molecule has 1 rings (SSSR count). The molecule has 0 aromatic heterocycles. The minimum Gasteiger partial charge on any atom is -0.269 e. The predicted octanol–water partition coefficient (Wildman–Crippen LogP) is 1.67. The van der Waals surface area contributed by atoms with Gasteiger partial charge in [0.25, 0.3) is 0 Å². The molecule has 3 N–H and O–H groups in total. The van der Waals surface area contributed by atoms with Crippen molar-refractivity contribution in [2.75, 3.05) is 0 Å². The second kappa shape index (κ2) is 3.89. The molecule has 2 nitrogen and oxygen atoms in total. The van der Waals surface area contributed by atoms with Gasteiger partial charge in [-0.15, -0.1) is 0 Å². The van der Waals surface area contributed by atoms with E-state index in [0.29, 0.717) is 0 Å². The molecule has 1 aromatic rings. The van der Waals surface area contributed by atoms with Crippen LogP contribution in [0.4, 0.5) is 22.0 Å². The first kappa shape index (κ1) is 10.9. The maximum absolute atomic E-state index is 12.8.